The Morgan fingerprint density at radius 1 is 1.04 bits per heavy atom. The van der Waals surface area contributed by atoms with E-state index in [-0.39, 0.29) is 11.8 Å². The van der Waals surface area contributed by atoms with Gasteiger partial charge in [-0.05, 0) is 31.0 Å². The highest BCUT2D eigenvalue weighted by Gasteiger charge is 2.26. The van der Waals surface area contributed by atoms with Gasteiger partial charge in [0.05, 0.1) is 5.69 Å². The predicted molar refractivity (Wildman–Crippen MR) is 101 cm³/mol. The molecule has 0 bridgehead atoms. The first-order chi connectivity index (χ1) is 12.8. The van der Waals surface area contributed by atoms with Gasteiger partial charge in [0.25, 0.3) is 0 Å². The minimum absolute atomic E-state index is 0.0165. The van der Waals surface area contributed by atoms with E-state index >= 15 is 0 Å². The molecule has 0 aliphatic carbocycles. The zero-order valence-electron chi connectivity index (χ0n) is 14.1. The smallest absolute Gasteiger partial charge is 0.229 e. The molecule has 1 amide bonds. The van der Waals surface area contributed by atoms with E-state index in [0.717, 1.165) is 43.3 Å². The van der Waals surface area contributed by atoms with Gasteiger partial charge in [0, 0.05) is 43.0 Å². The van der Waals surface area contributed by atoms with Crippen molar-refractivity contribution in [2.24, 2.45) is 5.92 Å². The number of hydrogen-bond donors (Lipinski definition) is 1. The van der Waals surface area contributed by atoms with Gasteiger partial charge in [-0.3, -0.25) is 9.78 Å². The number of amides is 1. The van der Waals surface area contributed by atoms with E-state index in [9.17, 15) is 4.79 Å². The summed E-state index contributed by atoms with van der Waals surface area (Å²) in [6.07, 6.45) is 6.77. The summed E-state index contributed by atoms with van der Waals surface area (Å²) < 4.78 is 0. The largest absolute Gasteiger partial charge is 0.341 e. The molecule has 0 saturated carbocycles. The fourth-order valence-corrected chi connectivity index (χ4v) is 3.67. The van der Waals surface area contributed by atoms with Crippen molar-refractivity contribution >= 4 is 28.3 Å². The monoisotopic (exact) mass is 366 g/mol. The molecule has 0 unspecified atom stereocenters. The highest BCUT2D eigenvalue weighted by Crippen LogP contribution is 2.25. The second-order valence-electron chi connectivity index (χ2n) is 6.05. The molecule has 3 aromatic rings. The van der Waals surface area contributed by atoms with Gasteiger partial charge >= 0.3 is 0 Å². The summed E-state index contributed by atoms with van der Waals surface area (Å²) in [5.41, 5.74) is 1.59. The number of piperidine rings is 1. The minimum atomic E-state index is -0.0165. The van der Waals surface area contributed by atoms with E-state index in [1.165, 1.54) is 11.3 Å². The standard InChI is InChI=1S/C18H18N6OS/c25-16(13-5-10-24(11-6-13)17-20-8-3-9-21-17)23-18-22-15(12-26-18)14-4-1-2-7-19-14/h1-4,7-9,12-13H,5-6,10-11H2,(H,22,23,25). The van der Waals surface area contributed by atoms with Crippen LogP contribution in [0.4, 0.5) is 11.1 Å². The molecule has 7 nitrogen and oxygen atoms in total. The molecule has 1 aliphatic heterocycles. The van der Waals surface area contributed by atoms with Crippen LogP contribution in [0.15, 0.2) is 48.2 Å². The number of nitrogens with zero attached hydrogens (tertiary/aromatic N) is 5. The van der Waals surface area contributed by atoms with Crippen LogP contribution in [0.3, 0.4) is 0 Å². The Hall–Kier alpha value is -2.87. The van der Waals surface area contributed by atoms with Crippen molar-refractivity contribution in [2.45, 2.75) is 12.8 Å². The molecule has 1 fully saturated rings. The van der Waals surface area contributed by atoms with Gasteiger partial charge in [0.2, 0.25) is 11.9 Å². The predicted octanol–water partition coefficient (Wildman–Crippen LogP) is 2.85. The first-order valence-electron chi connectivity index (χ1n) is 8.49. The molecule has 4 rings (SSSR count). The minimum Gasteiger partial charge on any atom is -0.341 e. The van der Waals surface area contributed by atoms with Crippen LogP contribution in [0.2, 0.25) is 0 Å². The molecular formula is C18H18N6OS. The number of thiazole rings is 1. The van der Waals surface area contributed by atoms with Gasteiger partial charge in [0.1, 0.15) is 5.69 Å². The van der Waals surface area contributed by atoms with Crippen LogP contribution >= 0.6 is 11.3 Å². The van der Waals surface area contributed by atoms with Crippen molar-refractivity contribution < 1.29 is 4.79 Å². The fraction of sp³-hybridized carbons (Fsp3) is 0.278. The van der Waals surface area contributed by atoms with Crippen LogP contribution in [0, 0.1) is 5.92 Å². The van der Waals surface area contributed by atoms with E-state index in [2.05, 4.69) is 30.2 Å². The Labute approximate surface area is 155 Å². The van der Waals surface area contributed by atoms with Crippen molar-refractivity contribution in [3.63, 3.8) is 0 Å². The van der Waals surface area contributed by atoms with Crippen LogP contribution in [0.25, 0.3) is 11.4 Å². The third-order valence-corrected chi connectivity index (χ3v) is 5.12. The molecule has 0 radical (unpaired) electrons. The van der Waals surface area contributed by atoms with E-state index in [0.29, 0.717) is 5.13 Å². The van der Waals surface area contributed by atoms with E-state index in [4.69, 9.17) is 0 Å². The molecule has 0 aromatic carbocycles. The highest BCUT2D eigenvalue weighted by atomic mass is 32.1. The highest BCUT2D eigenvalue weighted by molar-refractivity contribution is 7.14. The second kappa shape index (κ2) is 7.57. The Morgan fingerprint density at radius 3 is 2.54 bits per heavy atom. The van der Waals surface area contributed by atoms with Crippen molar-refractivity contribution in [1.29, 1.82) is 0 Å². The van der Waals surface area contributed by atoms with Crippen molar-refractivity contribution in [3.8, 4) is 11.4 Å². The maximum absolute atomic E-state index is 12.5. The third kappa shape index (κ3) is 3.70. The summed E-state index contributed by atoms with van der Waals surface area (Å²) in [5, 5.41) is 5.47. The number of anilines is 2. The second-order valence-corrected chi connectivity index (χ2v) is 6.91. The van der Waals surface area contributed by atoms with Crippen LogP contribution in [0.5, 0.6) is 0 Å². The van der Waals surface area contributed by atoms with Crippen molar-refractivity contribution in [1.82, 2.24) is 19.9 Å². The number of rotatable bonds is 4. The summed E-state index contributed by atoms with van der Waals surface area (Å²) in [7, 11) is 0. The third-order valence-electron chi connectivity index (χ3n) is 4.36. The summed E-state index contributed by atoms with van der Waals surface area (Å²) >= 11 is 1.42. The zero-order chi connectivity index (χ0) is 17.8. The van der Waals surface area contributed by atoms with E-state index < -0.39 is 0 Å². The van der Waals surface area contributed by atoms with Crippen LogP contribution in [-0.4, -0.2) is 38.9 Å². The average Bonchev–Trinajstić information content (AvgIpc) is 3.18. The molecule has 132 valence electrons. The normalized spacial score (nSPS) is 15.0. The molecule has 8 heteroatoms. The molecular weight excluding hydrogens is 348 g/mol. The molecule has 26 heavy (non-hydrogen) atoms. The lowest BCUT2D eigenvalue weighted by Gasteiger charge is -2.30. The first kappa shape index (κ1) is 16.6. The lowest BCUT2D eigenvalue weighted by Crippen LogP contribution is -2.38. The van der Waals surface area contributed by atoms with Crippen LogP contribution in [-0.2, 0) is 4.79 Å². The van der Waals surface area contributed by atoms with Gasteiger partial charge in [-0.25, -0.2) is 15.0 Å². The van der Waals surface area contributed by atoms with E-state index in [1.807, 2.05) is 23.6 Å². The van der Waals surface area contributed by atoms with E-state index in [1.54, 1.807) is 24.7 Å². The molecule has 1 saturated heterocycles. The van der Waals surface area contributed by atoms with Gasteiger partial charge in [-0.1, -0.05) is 6.07 Å². The number of carbonyl (C=O) groups excluding carboxylic acids is 1. The van der Waals surface area contributed by atoms with Crippen LogP contribution in [0.1, 0.15) is 12.8 Å². The maximum Gasteiger partial charge on any atom is 0.229 e. The summed E-state index contributed by atoms with van der Waals surface area (Å²) in [6, 6.07) is 7.49. The molecule has 0 atom stereocenters. The molecule has 3 aromatic heterocycles. The number of aromatic nitrogens is 4. The number of pyridine rings is 1. The Bertz CT molecular complexity index is 862. The average molecular weight is 366 g/mol. The van der Waals surface area contributed by atoms with Crippen molar-refractivity contribution in [3.05, 3.63) is 48.2 Å². The lowest BCUT2D eigenvalue weighted by molar-refractivity contribution is -0.120. The Balaban J connectivity index is 1.34. The lowest BCUT2D eigenvalue weighted by atomic mass is 9.96. The molecule has 1 N–H and O–H groups in total. The number of carbonyl (C=O) groups is 1. The number of hydrogen-bond acceptors (Lipinski definition) is 7. The Kier molecular flexibility index (Phi) is 4.83. The van der Waals surface area contributed by atoms with Gasteiger partial charge in [-0.2, -0.15) is 0 Å². The van der Waals surface area contributed by atoms with Crippen LogP contribution < -0.4 is 10.2 Å². The maximum atomic E-state index is 12.5. The SMILES string of the molecule is O=C(Nc1nc(-c2ccccn2)cs1)C1CCN(c2ncccn2)CC1. The number of nitrogens with one attached hydrogen (secondary N) is 1. The van der Waals surface area contributed by atoms with Gasteiger partial charge in [0.15, 0.2) is 5.13 Å². The molecule has 4 heterocycles. The zero-order valence-corrected chi connectivity index (χ0v) is 14.9. The topological polar surface area (TPSA) is 83.9 Å². The quantitative estimate of drug-likeness (QED) is 0.764. The van der Waals surface area contributed by atoms with Crippen molar-refractivity contribution in [2.75, 3.05) is 23.3 Å². The van der Waals surface area contributed by atoms with Gasteiger partial charge in [-0.15, -0.1) is 11.3 Å². The Morgan fingerprint density at radius 2 is 1.81 bits per heavy atom. The molecule has 1 aliphatic rings. The first-order valence-corrected chi connectivity index (χ1v) is 9.37. The van der Waals surface area contributed by atoms with Gasteiger partial charge < -0.3 is 10.2 Å². The fourth-order valence-electron chi connectivity index (χ4n) is 2.97. The summed E-state index contributed by atoms with van der Waals surface area (Å²) in [6.45, 7) is 1.55. The summed E-state index contributed by atoms with van der Waals surface area (Å²) in [5.74, 6) is 0.740. The summed E-state index contributed by atoms with van der Waals surface area (Å²) in [4.78, 5) is 32.0. The molecule has 0 spiro atoms.